The molecule has 0 aliphatic rings. The van der Waals surface area contributed by atoms with Crippen molar-refractivity contribution in [2.75, 3.05) is 13.6 Å². The fourth-order valence-corrected chi connectivity index (χ4v) is 0.915. The van der Waals surface area contributed by atoms with Gasteiger partial charge in [0.05, 0.1) is 0 Å². The van der Waals surface area contributed by atoms with Crippen LogP contribution in [0.25, 0.3) is 0 Å². The molecular weight excluding hydrogens is 178 g/mol. The summed E-state index contributed by atoms with van der Waals surface area (Å²) in [5.41, 5.74) is 5.43. The highest BCUT2D eigenvalue weighted by Gasteiger charge is 2.16. The quantitative estimate of drug-likeness (QED) is 0.720. The van der Waals surface area contributed by atoms with E-state index in [0.717, 1.165) is 6.42 Å². The summed E-state index contributed by atoms with van der Waals surface area (Å²) in [6.07, 6.45) is 0.827. The molecule has 0 aliphatic carbocycles. The highest BCUT2D eigenvalue weighted by Crippen LogP contribution is 2.00. The fourth-order valence-electron chi connectivity index (χ4n) is 0.915. The zero-order valence-electron chi connectivity index (χ0n) is 9.92. The van der Waals surface area contributed by atoms with E-state index in [9.17, 15) is 4.79 Å². The van der Waals surface area contributed by atoms with Crippen LogP contribution in [0.3, 0.4) is 0 Å². The number of carbonyl (C=O) groups excluding carboxylic acids is 1. The van der Waals surface area contributed by atoms with Crippen molar-refractivity contribution >= 4 is 6.03 Å². The third-order valence-electron chi connectivity index (χ3n) is 1.75. The van der Waals surface area contributed by atoms with Crippen molar-refractivity contribution in [3.05, 3.63) is 0 Å². The van der Waals surface area contributed by atoms with Crippen LogP contribution in [0.15, 0.2) is 0 Å². The zero-order chi connectivity index (χ0) is 11.4. The highest BCUT2D eigenvalue weighted by molar-refractivity contribution is 5.74. The van der Waals surface area contributed by atoms with Gasteiger partial charge >= 0.3 is 6.03 Å². The van der Waals surface area contributed by atoms with E-state index >= 15 is 0 Å². The molecule has 4 nitrogen and oxygen atoms in total. The molecule has 1 atom stereocenters. The van der Waals surface area contributed by atoms with Crippen molar-refractivity contribution in [1.82, 2.24) is 10.2 Å². The third-order valence-corrected chi connectivity index (χ3v) is 1.75. The van der Waals surface area contributed by atoms with E-state index in [1.807, 2.05) is 27.7 Å². The Hall–Kier alpha value is -0.770. The first kappa shape index (κ1) is 13.2. The van der Waals surface area contributed by atoms with Gasteiger partial charge in [-0.3, -0.25) is 0 Å². The maximum absolute atomic E-state index is 11.5. The molecule has 0 bridgehead atoms. The summed E-state index contributed by atoms with van der Waals surface area (Å²) in [4.78, 5) is 13.2. The van der Waals surface area contributed by atoms with Crippen LogP contribution in [-0.4, -0.2) is 36.1 Å². The summed E-state index contributed by atoms with van der Waals surface area (Å²) in [7, 11) is 1.78. The Labute approximate surface area is 86.8 Å². The standard InChI is InChI=1S/C10H23N3O/c1-8(11)6-7-13(5)9(14)12-10(2,3)4/h8H,6-7,11H2,1-5H3,(H,12,14). The lowest BCUT2D eigenvalue weighted by atomic mass is 10.1. The molecule has 0 radical (unpaired) electrons. The first-order valence-corrected chi connectivity index (χ1v) is 5.01. The van der Waals surface area contributed by atoms with Crippen LogP contribution in [-0.2, 0) is 0 Å². The molecule has 0 rings (SSSR count). The van der Waals surface area contributed by atoms with E-state index in [1.54, 1.807) is 11.9 Å². The lowest BCUT2D eigenvalue weighted by Crippen LogP contribution is -2.47. The van der Waals surface area contributed by atoms with E-state index in [2.05, 4.69) is 5.32 Å². The molecule has 0 heterocycles. The van der Waals surface area contributed by atoms with Gasteiger partial charge in [0.2, 0.25) is 0 Å². The van der Waals surface area contributed by atoms with Crippen LogP contribution in [0, 0.1) is 0 Å². The van der Waals surface area contributed by atoms with Crippen LogP contribution in [0.2, 0.25) is 0 Å². The molecule has 0 aromatic carbocycles. The molecule has 4 heteroatoms. The van der Waals surface area contributed by atoms with Gasteiger partial charge in [0.1, 0.15) is 0 Å². The van der Waals surface area contributed by atoms with Gasteiger partial charge in [0.15, 0.2) is 0 Å². The van der Waals surface area contributed by atoms with Gasteiger partial charge in [-0.15, -0.1) is 0 Å². The average molecular weight is 201 g/mol. The van der Waals surface area contributed by atoms with Gasteiger partial charge in [-0.25, -0.2) is 4.79 Å². The number of nitrogens with two attached hydrogens (primary N) is 1. The number of hydrogen-bond acceptors (Lipinski definition) is 2. The summed E-state index contributed by atoms with van der Waals surface area (Å²) in [5.74, 6) is 0. The minimum atomic E-state index is -0.181. The predicted octanol–water partition coefficient (Wildman–Crippen LogP) is 1.16. The summed E-state index contributed by atoms with van der Waals surface area (Å²) < 4.78 is 0. The number of urea groups is 1. The molecule has 0 aromatic heterocycles. The third kappa shape index (κ3) is 6.71. The van der Waals surface area contributed by atoms with Crippen molar-refractivity contribution in [3.63, 3.8) is 0 Å². The Morgan fingerprint density at radius 2 is 2.00 bits per heavy atom. The molecule has 3 N–H and O–H groups in total. The maximum atomic E-state index is 11.5. The van der Waals surface area contributed by atoms with Crippen LogP contribution in [0.4, 0.5) is 4.79 Å². The second-order valence-electron chi connectivity index (χ2n) is 4.87. The Morgan fingerprint density at radius 3 is 2.36 bits per heavy atom. The number of hydrogen-bond donors (Lipinski definition) is 2. The minimum absolute atomic E-state index is 0.0434. The lowest BCUT2D eigenvalue weighted by Gasteiger charge is -2.26. The Balaban J connectivity index is 3.88. The number of nitrogens with zero attached hydrogens (tertiary/aromatic N) is 1. The maximum Gasteiger partial charge on any atom is 0.317 e. The van der Waals surface area contributed by atoms with E-state index in [4.69, 9.17) is 5.73 Å². The number of amides is 2. The molecule has 2 amide bonds. The van der Waals surface area contributed by atoms with E-state index < -0.39 is 0 Å². The molecule has 0 fully saturated rings. The van der Waals surface area contributed by atoms with Crippen molar-refractivity contribution in [2.24, 2.45) is 5.73 Å². The molecule has 0 spiro atoms. The molecule has 0 aromatic rings. The van der Waals surface area contributed by atoms with Crippen molar-refractivity contribution in [1.29, 1.82) is 0 Å². The summed E-state index contributed by atoms with van der Waals surface area (Å²) in [5, 5.41) is 2.89. The Kier molecular flexibility index (Phi) is 4.91. The molecule has 0 saturated carbocycles. The summed E-state index contributed by atoms with van der Waals surface area (Å²) in [6, 6.07) is 0.0954. The zero-order valence-corrected chi connectivity index (χ0v) is 9.92. The largest absolute Gasteiger partial charge is 0.333 e. The van der Waals surface area contributed by atoms with Gasteiger partial charge < -0.3 is 16.0 Å². The smallest absolute Gasteiger partial charge is 0.317 e. The molecule has 14 heavy (non-hydrogen) atoms. The van der Waals surface area contributed by atoms with Crippen LogP contribution in [0.5, 0.6) is 0 Å². The van der Waals surface area contributed by atoms with Crippen molar-refractivity contribution in [2.45, 2.75) is 45.7 Å². The van der Waals surface area contributed by atoms with E-state index in [1.165, 1.54) is 0 Å². The monoisotopic (exact) mass is 201 g/mol. The van der Waals surface area contributed by atoms with Gasteiger partial charge in [0, 0.05) is 25.2 Å². The van der Waals surface area contributed by atoms with Crippen LogP contribution >= 0.6 is 0 Å². The number of nitrogens with one attached hydrogen (secondary N) is 1. The molecule has 1 unspecified atom stereocenters. The Morgan fingerprint density at radius 1 is 1.50 bits per heavy atom. The summed E-state index contributed by atoms with van der Waals surface area (Å²) in [6.45, 7) is 8.52. The topological polar surface area (TPSA) is 58.4 Å². The van der Waals surface area contributed by atoms with Gasteiger partial charge in [-0.2, -0.15) is 0 Å². The van der Waals surface area contributed by atoms with Crippen LogP contribution < -0.4 is 11.1 Å². The van der Waals surface area contributed by atoms with Gasteiger partial charge in [0.25, 0.3) is 0 Å². The Bertz CT molecular complexity index is 184. The lowest BCUT2D eigenvalue weighted by molar-refractivity contribution is 0.198. The fraction of sp³-hybridized carbons (Fsp3) is 0.900. The second kappa shape index (κ2) is 5.20. The molecular formula is C10H23N3O. The highest BCUT2D eigenvalue weighted by atomic mass is 16.2. The minimum Gasteiger partial charge on any atom is -0.333 e. The first-order valence-electron chi connectivity index (χ1n) is 5.01. The second-order valence-corrected chi connectivity index (χ2v) is 4.87. The average Bonchev–Trinajstić information content (AvgIpc) is 1.96. The molecule has 84 valence electrons. The van der Waals surface area contributed by atoms with Crippen molar-refractivity contribution < 1.29 is 4.79 Å². The van der Waals surface area contributed by atoms with E-state index in [0.29, 0.717) is 6.54 Å². The van der Waals surface area contributed by atoms with Gasteiger partial charge in [-0.05, 0) is 34.1 Å². The molecule has 0 aliphatic heterocycles. The van der Waals surface area contributed by atoms with Gasteiger partial charge in [-0.1, -0.05) is 0 Å². The first-order chi connectivity index (χ1) is 6.22. The number of carbonyl (C=O) groups is 1. The molecule has 0 saturated heterocycles. The predicted molar refractivity (Wildman–Crippen MR) is 59.2 cm³/mol. The SMILES string of the molecule is CC(N)CCN(C)C(=O)NC(C)(C)C. The number of rotatable bonds is 3. The van der Waals surface area contributed by atoms with Crippen molar-refractivity contribution in [3.8, 4) is 0 Å². The summed E-state index contributed by atoms with van der Waals surface area (Å²) >= 11 is 0. The van der Waals surface area contributed by atoms with E-state index in [-0.39, 0.29) is 17.6 Å². The van der Waals surface area contributed by atoms with Crippen LogP contribution in [0.1, 0.15) is 34.1 Å². The normalized spacial score (nSPS) is 13.6.